The molecule has 3 aromatic rings. The van der Waals surface area contributed by atoms with Crippen LogP contribution in [0.2, 0.25) is 0 Å². The monoisotopic (exact) mass is 399 g/mol. The van der Waals surface area contributed by atoms with Crippen LogP contribution in [0.25, 0.3) is 0 Å². The Morgan fingerprint density at radius 3 is 2.43 bits per heavy atom. The van der Waals surface area contributed by atoms with Gasteiger partial charge in [-0.05, 0) is 35.7 Å². The van der Waals surface area contributed by atoms with E-state index in [1.807, 2.05) is 41.6 Å². The van der Waals surface area contributed by atoms with Gasteiger partial charge < -0.3 is 14.7 Å². The number of hydrogen-bond acceptors (Lipinski definition) is 5. The quantitative estimate of drug-likeness (QED) is 0.678. The van der Waals surface area contributed by atoms with Crippen molar-refractivity contribution in [2.24, 2.45) is 0 Å². The Morgan fingerprint density at radius 2 is 1.63 bits per heavy atom. The van der Waals surface area contributed by atoms with Crippen molar-refractivity contribution in [1.29, 1.82) is 0 Å². The number of aromatic nitrogens is 2. The molecule has 2 aliphatic rings. The summed E-state index contributed by atoms with van der Waals surface area (Å²) in [5, 5.41) is 0. The van der Waals surface area contributed by atoms with Crippen LogP contribution in [0.5, 0.6) is 0 Å². The molecular weight excluding hydrogens is 374 g/mol. The molecule has 1 amide bonds. The Kier molecular flexibility index (Phi) is 5.05. The number of nitrogens with zero attached hydrogens (tertiary/aromatic N) is 5. The summed E-state index contributed by atoms with van der Waals surface area (Å²) in [6, 6.07) is 16.5. The molecule has 1 aromatic carbocycles. The van der Waals surface area contributed by atoms with E-state index in [4.69, 9.17) is 0 Å². The summed E-state index contributed by atoms with van der Waals surface area (Å²) in [7, 11) is 0. The number of hydrogen-bond donors (Lipinski definition) is 0. The maximum absolute atomic E-state index is 13.1. The van der Waals surface area contributed by atoms with Crippen LogP contribution in [0, 0.1) is 0 Å². The second-order valence-corrected chi connectivity index (χ2v) is 7.84. The van der Waals surface area contributed by atoms with Crippen LogP contribution in [0.4, 0.5) is 11.5 Å². The topological polar surface area (TPSA) is 52.6 Å². The van der Waals surface area contributed by atoms with Gasteiger partial charge in [0.25, 0.3) is 5.91 Å². The van der Waals surface area contributed by atoms with Crippen molar-refractivity contribution in [3.8, 4) is 0 Å². The van der Waals surface area contributed by atoms with Gasteiger partial charge in [0.2, 0.25) is 0 Å². The lowest BCUT2D eigenvalue weighted by molar-refractivity contribution is 0.0746. The first-order valence-electron chi connectivity index (χ1n) is 10.5. The summed E-state index contributed by atoms with van der Waals surface area (Å²) in [6.07, 6.45) is 6.38. The van der Waals surface area contributed by atoms with Crippen molar-refractivity contribution < 1.29 is 4.79 Å². The number of fused-ring (bicyclic) bond motifs is 1. The van der Waals surface area contributed by atoms with Crippen LogP contribution in [0.3, 0.4) is 0 Å². The molecule has 0 aliphatic carbocycles. The molecule has 4 heterocycles. The van der Waals surface area contributed by atoms with E-state index in [-0.39, 0.29) is 5.91 Å². The van der Waals surface area contributed by atoms with Gasteiger partial charge in [-0.1, -0.05) is 30.3 Å². The van der Waals surface area contributed by atoms with Crippen LogP contribution in [0.1, 0.15) is 21.5 Å². The number of anilines is 2. The fourth-order valence-electron chi connectivity index (χ4n) is 4.30. The predicted octanol–water partition coefficient (Wildman–Crippen LogP) is 3.00. The lowest BCUT2D eigenvalue weighted by Crippen LogP contribution is -2.49. The lowest BCUT2D eigenvalue weighted by atomic mass is 9.99. The highest BCUT2D eigenvalue weighted by Crippen LogP contribution is 2.25. The number of amides is 1. The zero-order valence-corrected chi connectivity index (χ0v) is 16.9. The van der Waals surface area contributed by atoms with Gasteiger partial charge in [0.15, 0.2) is 0 Å². The van der Waals surface area contributed by atoms with Crippen molar-refractivity contribution in [2.45, 2.75) is 13.0 Å². The molecule has 152 valence electrons. The maximum Gasteiger partial charge on any atom is 0.255 e. The first kappa shape index (κ1) is 18.6. The summed E-state index contributed by atoms with van der Waals surface area (Å²) < 4.78 is 0. The molecule has 0 N–H and O–H groups in total. The second-order valence-electron chi connectivity index (χ2n) is 7.84. The summed E-state index contributed by atoms with van der Waals surface area (Å²) >= 11 is 0. The molecule has 2 aromatic heterocycles. The Hall–Kier alpha value is -3.41. The third-order valence-electron chi connectivity index (χ3n) is 6.01. The van der Waals surface area contributed by atoms with Gasteiger partial charge in [0.05, 0.1) is 17.4 Å². The van der Waals surface area contributed by atoms with Gasteiger partial charge >= 0.3 is 0 Å². The summed E-state index contributed by atoms with van der Waals surface area (Å²) in [5.41, 5.74) is 4.45. The zero-order chi connectivity index (χ0) is 20.3. The SMILES string of the molecule is O=C(c1cncc(N2CCc3ccccc3C2)c1)N1CCN(c2ccccn2)CC1. The van der Waals surface area contributed by atoms with E-state index in [2.05, 4.69) is 44.0 Å². The standard InChI is InChI=1S/C24H25N5O/c30-24(28-13-11-27(12-14-28)23-7-3-4-9-26-23)21-15-22(17-25-16-21)29-10-8-19-5-1-2-6-20(19)18-29/h1-7,9,15-17H,8,10-14,18H2. The highest BCUT2D eigenvalue weighted by molar-refractivity contribution is 5.95. The summed E-state index contributed by atoms with van der Waals surface area (Å²) in [6.45, 7) is 4.77. The Labute approximate surface area is 176 Å². The number of piperazine rings is 1. The van der Waals surface area contributed by atoms with Gasteiger partial charge in [0, 0.05) is 51.7 Å². The van der Waals surface area contributed by atoms with E-state index in [1.165, 1.54) is 11.1 Å². The molecule has 2 aliphatic heterocycles. The molecule has 1 fully saturated rings. The normalized spacial score (nSPS) is 16.3. The number of benzene rings is 1. The second kappa shape index (κ2) is 8.14. The molecule has 0 spiro atoms. The van der Waals surface area contributed by atoms with Gasteiger partial charge in [0.1, 0.15) is 5.82 Å². The molecule has 6 nitrogen and oxygen atoms in total. The van der Waals surface area contributed by atoms with Crippen molar-refractivity contribution in [3.05, 3.63) is 83.8 Å². The Bertz CT molecular complexity index is 1030. The van der Waals surface area contributed by atoms with Crippen LogP contribution in [-0.4, -0.2) is 53.5 Å². The van der Waals surface area contributed by atoms with Gasteiger partial charge in [-0.2, -0.15) is 0 Å². The fourth-order valence-corrected chi connectivity index (χ4v) is 4.30. The number of carbonyl (C=O) groups is 1. The fraction of sp³-hybridized carbons (Fsp3) is 0.292. The molecule has 0 radical (unpaired) electrons. The largest absolute Gasteiger partial charge is 0.366 e. The van der Waals surface area contributed by atoms with Gasteiger partial charge in [-0.25, -0.2) is 4.98 Å². The van der Waals surface area contributed by atoms with Crippen molar-refractivity contribution in [3.63, 3.8) is 0 Å². The van der Waals surface area contributed by atoms with E-state index >= 15 is 0 Å². The molecule has 0 saturated carbocycles. The first-order chi connectivity index (χ1) is 14.8. The van der Waals surface area contributed by atoms with E-state index in [0.717, 1.165) is 44.1 Å². The minimum atomic E-state index is 0.0578. The van der Waals surface area contributed by atoms with Crippen molar-refractivity contribution >= 4 is 17.4 Å². The molecule has 30 heavy (non-hydrogen) atoms. The van der Waals surface area contributed by atoms with Crippen molar-refractivity contribution in [2.75, 3.05) is 42.5 Å². The molecule has 0 bridgehead atoms. The van der Waals surface area contributed by atoms with E-state index in [1.54, 1.807) is 6.20 Å². The third-order valence-corrected chi connectivity index (χ3v) is 6.01. The minimum Gasteiger partial charge on any atom is -0.366 e. The van der Waals surface area contributed by atoms with E-state index in [0.29, 0.717) is 18.7 Å². The number of rotatable bonds is 3. The van der Waals surface area contributed by atoms with Crippen LogP contribution >= 0.6 is 0 Å². The average Bonchev–Trinajstić information content (AvgIpc) is 2.84. The van der Waals surface area contributed by atoms with Crippen LogP contribution in [0.15, 0.2) is 67.1 Å². The first-order valence-corrected chi connectivity index (χ1v) is 10.5. The molecular formula is C24H25N5O. The Balaban J connectivity index is 1.26. The van der Waals surface area contributed by atoms with Crippen molar-refractivity contribution in [1.82, 2.24) is 14.9 Å². The number of carbonyl (C=O) groups excluding carboxylic acids is 1. The molecule has 6 heteroatoms. The third kappa shape index (κ3) is 3.73. The smallest absolute Gasteiger partial charge is 0.255 e. The molecule has 1 saturated heterocycles. The minimum absolute atomic E-state index is 0.0578. The zero-order valence-electron chi connectivity index (χ0n) is 16.9. The number of pyridine rings is 2. The van der Waals surface area contributed by atoms with Crippen LogP contribution in [-0.2, 0) is 13.0 Å². The lowest BCUT2D eigenvalue weighted by Gasteiger charge is -2.35. The van der Waals surface area contributed by atoms with Gasteiger partial charge in [-0.15, -0.1) is 0 Å². The van der Waals surface area contributed by atoms with E-state index < -0.39 is 0 Å². The summed E-state index contributed by atoms with van der Waals surface area (Å²) in [4.78, 5) is 28.4. The Morgan fingerprint density at radius 1 is 0.833 bits per heavy atom. The highest BCUT2D eigenvalue weighted by Gasteiger charge is 2.24. The van der Waals surface area contributed by atoms with Gasteiger partial charge in [-0.3, -0.25) is 9.78 Å². The molecule has 0 unspecified atom stereocenters. The maximum atomic E-state index is 13.1. The highest BCUT2D eigenvalue weighted by atomic mass is 16.2. The summed E-state index contributed by atoms with van der Waals surface area (Å²) in [5.74, 6) is 1.03. The predicted molar refractivity (Wildman–Crippen MR) is 118 cm³/mol. The molecule has 0 atom stereocenters. The van der Waals surface area contributed by atoms with Crippen LogP contribution < -0.4 is 9.80 Å². The van der Waals surface area contributed by atoms with E-state index in [9.17, 15) is 4.79 Å². The average molecular weight is 399 g/mol. The molecule has 5 rings (SSSR count).